The van der Waals surface area contributed by atoms with Crippen LogP contribution in [0.25, 0.3) is 0 Å². The van der Waals surface area contributed by atoms with Gasteiger partial charge in [0.2, 0.25) is 0 Å². The van der Waals surface area contributed by atoms with Crippen LogP contribution in [0.1, 0.15) is 51.4 Å². The third-order valence-corrected chi connectivity index (χ3v) is 2.56. The summed E-state index contributed by atoms with van der Waals surface area (Å²) >= 11 is 5.72. The Morgan fingerprint density at radius 3 is 2.86 bits per heavy atom. The first-order chi connectivity index (χ1) is 6.79. The van der Waals surface area contributed by atoms with Crippen molar-refractivity contribution in [2.24, 2.45) is 0 Å². The molecule has 0 spiro atoms. The predicted octanol–water partition coefficient (Wildman–Crippen LogP) is 2.55. The fraction of sp³-hybridized carbons (Fsp3) is 0.889. The summed E-state index contributed by atoms with van der Waals surface area (Å²) in [5, 5.41) is 11.4. The lowest BCUT2D eigenvalue weighted by Gasteiger charge is -2.11. The van der Waals surface area contributed by atoms with Crippen LogP contribution in [-0.4, -0.2) is 20.2 Å². The van der Waals surface area contributed by atoms with Gasteiger partial charge in [0, 0.05) is 0 Å². The largest absolute Gasteiger partial charge is 0.226 e. The van der Waals surface area contributed by atoms with Gasteiger partial charge in [0.25, 0.3) is 0 Å². The third kappa shape index (κ3) is 2.94. The number of unbranched alkanes of at least 4 members (excludes halogenated alkanes) is 2. The van der Waals surface area contributed by atoms with Gasteiger partial charge >= 0.3 is 0 Å². The van der Waals surface area contributed by atoms with Crippen LogP contribution in [-0.2, 0) is 5.88 Å². The van der Waals surface area contributed by atoms with Crippen molar-refractivity contribution in [3.8, 4) is 0 Å². The Labute approximate surface area is 89.6 Å². The molecule has 0 bridgehead atoms. The molecular formula is C9H17ClN4. The molecule has 0 N–H and O–H groups in total. The van der Waals surface area contributed by atoms with E-state index in [9.17, 15) is 0 Å². The summed E-state index contributed by atoms with van der Waals surface area (Å²) < 4.78 is 1.82. The minimum Gasteiger partial charge on any atom is -0.226 e. The summed E-state index contributed by atoms with van der Waals surface area (Å²) in [4.78, 5) is 0. The molecule has 1 unspecified atom stereocenters. The molecule has 1 aromatic rings. The Bertz CT molecular complexity index is 261. The molecule has 0 saturated carbocycles. The fourth-order valence-corrected chi connectivity index (χ4v) is 1.63. The van der Waals surface area contributed by atoms with Gasteiger partial charge in [-0.3, -0.25) is 0 Å². The quantitative estimate of drug-likeness (QED) is 0.542. The van der Waals surface area contributed by atoms with Crippen molar-refractivity contribution >= 4 is 11.6 Å². The first-order valence-corrected chi connectivity index (χ1v) is 5.65. The summed E-state index contributed by atoms with van der Waals surface area (Å²) in [5.41, 5.74) is 0. The van der Waals surface area contributed by atoms with Gasteiger partial charge in [0.15, 0.2) is 5.82 Å². The van der Waals surface area contributed by atoms with Crippen molar-refractivity contribution in [2.45, 2.75) is 51.5 Å². The molecular weight excluding hydrogens is 200 g/mol. The van der Waals surface area contributed by atoms with E-state index in [0.717, 1.165) is 12.2 Å². The molecule has 0 radical (unpaired) electrons. The van der Waals surface area contributed by atoms with Crippen LogP contribution in [0.15, 0.2) is 0 Å². The second-order valence-corrected chi connectivity index (χ2v) is 3.79. The maximum Gasteiger partial charge on any atom is 0.166 e. The molecule has 0 aliphatic heterocycles. The zero-order valence-electron chi connectivity index (χ0n) is 8.78. The average molecular weight is 217 g/mol. The molecule has 1 heterocycles. The van der Waals surface area contributed by atoms with E-state index in [-0.39, 0.29) is 0 Å². The van der Waals surface area contributed by atoms with E-state index >= 15 is 0 Å². The van der Waals surface area contributed by atoms with Crippen LogP contribution in [0.3, 0.4) is 0 Å². The topological polar surface area (TPSA) is 43.6 Å². The Hall–Kier alpha value is -0.640. The third-order valence-electron chi connectivity index (χ3n) is 2.32. The highest BCUT2D eigenvalue weighted by atomic mass is 35.5. The summed E-state index contributed by atoms with van der Waals surface area (Å²) in [6.45, 7) is 4.33. The molecule has 0 aliphatic rings. The monoisotopic (exact) mass is 216 g/mol. The van der Waals surface area contributed by atoms with Gasteiger partial charge in [-0.25, -0.2) is 4.68 Å². The van der Waals surface area contributed by atoms with Gasteiger partial charge in [-0.1, -0.05) is 26.2 Å². The lowest BCUT2D eigenvalue weighted by Crippen LogP contribution is -2.10. The van der Waals surface area contributed by atoms with Crippen molar-refractivity contribution < 1.29 is 0 Å². The second-order valence-electron chi connectivity index (χ2n) is 3.52. The fourth-order valence-electron chi connectivity index (χ4n) is 1.45. The van der Waals surface area contributed by atoms with E-state index in [1.165, 1.54) is 19.3 Å². The maximum atomic E-state index is 5.72. The van der Waals surface area contributed by atoms with E-state index < -0.39 is 0 Å². The Morgan fingerprint density at radius 1 is 1.43 bits per heavy atom. The van der Waals surface area contributed by atoms with Gasteiger partial charge in [0.1, 0.15) is 0 Å². The molecule has 0 saturated heterocycles. The second kappa shape index (κ2) is 5.96. The van der Waals surface area contributed by atoms with Crippen molar-refractivity contribution in [3.63, 3.8) is 0 Å². The molecule has 0 aliphatic carbocycles. The van der Waals surface area contributed by atoms with Crippen molar-refractivity contribution in [2.75, 3.05) is 0 Å². The molecule has 1 rings (SSSR count). The van der Waals surface area contributed by atoms with Gasteiger partial charge < -0.3 is 0 Å². The van der Waals surface area contributed by atoms with Gasteiger partial charge in [-0.15, -0.1) is 16.7 Å². The zero-order valence-corrected chi connectivity index (χ0v) is 9.54. The lowest BCUT2D eigenvalue weighted by atomic mass is 10.1. The first kappa shape index (κ1) is 11.4. The zero-order chi connectivity index (χ0) is 10.4. The minimum atomic E-state index is 0.352. The SMILES string of the molecule is CCCCCC(C)n1nnnc1CCl. The van der Waals surface area contributed by atoms with Crippen LogP contribution in [0, 0.1) is 0 Å². The predicted molar refractivity (Wildman–Crippen MR) is 56.2 cm³/mol. The van der Waals surface area contributed by atoms with Crippen molar-refractivity contribution in [3.05, 3.63) is 5.82 Å². The molecule has 0 fully saturated rings. The Kier molecular flexibility index (Phi) is 4.87. The van der Waals surface area contributed by atoms with E-state index in [1.54, 1.807) is 0 Å². The lowest BCUT2D eigenvalue weighted by molar-refractivity contribution is 0.420. The van der Waals surface area contributed by atoms with E-state index in [1.807, 2.05) is 4.68 Å². The van der Waals surface area contributed by atoms with Gasteiger partial charge in [0.05, 0.1) is 11.9 Å². The van der Waals surface area contributed by atoms with Crippen LogP contribution >= 0.6 is 11.6 Å². The van der Waals surface area contributed by atoms with E-state index in [4.69, 9.17) is 11.6 Å². The first-order valence-electron chi connectivity index (χ1n) is 5.12. The number of aromatic nitrogens is 4. The number of nitrogens with zero attached hydrogens (tertiary/aromatic N) is 4. The molecule has 1 aromatic heterocycles. The highest BCUT2D eigenvalue weighted by Crippen LogP contribution is 2.15. The Morgan fingerprint density at radius 2 is 2.21 bits per heavy atom. The van der Waals surface area contributed by atoms with Crippen LogP contribution < -0.4 is 0 Å². The van der Waals surface area contributed by atoms with Gasteiger partial charge in [-0.05, 0) is 23.8 Å². The molecule has 80 valence electrons. The Balaban J connectivity index is 2.47. The van der Waals surface area contributed by atoms with Crippen molar-refractivity contribution in [1.82, 2.24) is 20.2 Å². The number of hydrogen-bond acceptors (Lipinski definition) is 3. The van der Waals surface area contributed by atoms with Crippen molar-refractivity contribution in [1.29, 1.82) is 0 Å². The van der Waals surface area contributed by atoms with E-state index in [0.29, 0.717) is 11.9 Å². The number of rotatable bonds is 6. The number of hydrogen-bond donors (Lipinski definition) is 0. The smallest absolute Gasteiger partial charge is 0.166 e. The summed E-state index contributed by atoms with van der Waals surface area (Å²) in [6.07, 6.45) is 4.84. The van der Waals surface area contributed by atoms with Gasteiger partial charge in [-0.2, -0.15) is 0 Å². The normalized spacial score (nSPS) is 13.1. The molecule has 0 aromatic carbocycles. The number of tetrazole rings is 1. The molecule has 14 heavy (non-hydrogen) atoms. The molecule has 4 nitrogen and oxygen atoms in total. The number of alkyl halides is 1. The van der Waals surface area contributed by atoms with Crippen LogP contribution in [0.4, 0.5) is 0 Å². The molecule has 5 heteroatoms. The highest BCUT2D eigenvalue weighted by molar-refractivity contribution is 6.16. The van der Waals surface area contributed by atoms with Crippen LogP contribution in [0.2, 0.25) is 0 Å². The number of halogens is 1. The maximum absolute atomic E-state index is 5.72. The summed E-state index contributed by atoms with van der Waals surface area (Å²) in [6, 6.07) is 0.352. The van der Waals surface area contributed by atoms with E-state index in [2.05, 4.69) is 29.4 Å². The standard InChI is InChI=1S/C9H17ClN4/c1-3-4-5-6-8(2)14-9(7-10)11-12-13-14/h8H,3-7H2,1-2H3. The average Bonchev–Trinajstić information content (AvgIpc) is 2.65. The van der Waals surface area contributed by atoms with Crippen LogP contribution in [0.5, 0.6) is 0 Å². The molecule has 1 atom stereocenters. The molecule has 0 amide bonds. The highest BCUT2D eigenvalue weighted by Gasteiger charge is 2.11. The summed E-state index contributed by atoms with van der Waals surface area (Å²) in [7, 11) is 0. The summed E-state index contributed by atoms with van der Waals surface area (Å²) in [5.74, 6) is 1.14. The minimum absolute atomic E-state index is 0.352.